The third-order valence-electron chi connectivity index (χ3n) is 4.44. The van der Waals surface area contributed by atoms with E-state index < -0.39 is 27.7 Å². The Bertz CT molecular complexity index is 1210. The summed E-state index contributed by atoms with van der Waals surface area (Å²) >= 11 is 0. The van der Waals surface area contributed by atoms with Crippen LogP contribution in [0.4, 0.5) is 18.9 Å². The first-order valence-corrected chi connectivity index (χ1v) is 10.8. The molecule has 0 aliphatic rings. The van der Waals surface area contributed by atoms with Gasteiger partial charge in [0.1, 0.15) is 5.76 Å². The lowest BCUT2D eigenvalue weighted by Gasteiger charge is -2.24. The first-order chi connectivity index (χ1) is 15.1. The topological polar surface area (TPSA) is 79.6 Å². The summed E-state index contributed by atoms with van der Waals surface area (Å²) in [6, 6.07) is 12.6. The molecule has 0 radical (unpaired) electrons. The summed E-state index contributed by atoms with van der Waals surface area (Å²) in [5.41, 5.74) is -1.09. The predicted molar refractivity (Wildman–Crippen MR) is 112 cm³/mol. The maximum absolute atomic E-state index is 13.3. The molecular weight excluding hydrogens is 445 g/mol. The molecule has 3 aromatic rings. The first-order valence-electron chi connectivity index (χ1n) is 9.34. The van der Waals surface area contributed by atoms with E-state index in [9.17, 15) is 26.4 Å². The minimum absolute atomic E-state index is 0.0697. The third kappa shape index (κ3) is 5.20. The van der Waals surface area contributed by atoms with Crippen LogP contribution in [0.15, 0.2) is 88.9 Å². The van der Waals surface area contributed by atoms with Crippen molar-refractivity contribution in [1.29, 1.82) is 0 Å². The van der Waals surface area contributed by atoms with E-state index in [1.165, 1.54) is 36.6 Å². The summed E-state index contributed by atoms with van der Waals surface area (Å²) in [6.45, 7) is 3.34. The Labute approximate surface area is 183 Å². The number of carbonyl (C=O) groups excluding carboxylic acids is 1. The fourth-order valence-corrected chi connectivity index (χ4v) is 4.38. The van der Waals surface area contributed by atoms with Gasteiger partial charge in [-0.15, -0.1) is 6.58 Å². The van der Waals surface area contributed by atoms with Crippen LogP contribution in [0.3, 0.4) is 0 Å². The summed E-state index contributed by atoms with van der Waals surface area (Å²) in [7, 11) is -4.30. The van der Waals surface area contributed by atoms with E-state index >= 15 is 0 Å². The second-order valence-electron chi connectivity index (χ2n) is 6.66. The second kappa shape index (κ2) is 9.31. The Morgan fingerprint density at radius 1 is 1.09 bits per heavy atom. The molecule has 6 nitrogen and oxygen atoms in total. The highest BCUT2D eigenvalue weighted by Crippen LogP contribution is 2.33. The molecule has 3 rings (SSSR count). The maximum atomic E-state index is 13.3. The van der Waals surface area contributed by atoms with E-state index in [2.05, 4.69) is 11.9 Å². The number of rotatable bonds is 8. The molecular formula is C22H19F3N2O4S. The Kier molecular flexibility index (Phi) is 6.73. The van der Waals surface area contributed by atoms with E-state index in [1.807, 2.05) is 0 Å². The zero-order valence-electron chi connectivity index (χ0n) is 16.7. The van der Waals surface area contributed by atoms with Crippen molar-refractivity contribution < 1.29 is 30.8 Å². The van der Waals surface area contributed by atoms with Crippen molar-refractivity contribution in [3.63, 3.8) is 0 Å². The van der Waals surface area contributed by atoms with Crippen molar-refractivity contribution in [2.45, 2.75) is 17.6 Å². The molecule has 1 N–H and O–H groups in total. The summed E-state index contributed by atoms with van der Waals surface area (Å²) in [6.07, 6.45) is -1.92. The van der Waals surface area contributed by atoms with Crippen LogP contribution in [-0.2, 0) is 22.7 Å². The van der Waals surface area contributed by atoms with Crippen LogP contribution < -0.4 is 9.62 Å². The summed E-state index contributed by atoms with van der Waals surface area (Å²) in [5, 5.41) is 2.61. The number of amides is 1. The monoisotopic (exact) mass is 464 g/mol. The highest BCUT2D eigenvalue weighted by Gasteiger charge is 2.32. The standard InChI is InChI=1S/C22H19F3N2O4S/c1-2-11-27(18-8-4-7-17(14-18)22(23,24)25)32(29,30)20-10-3-6-16(13-20)21(28)26-15-19-9-5-12-31-19/h2-10,12-14H,1,11,15H2,(H,26,28). The Balaban J connectivity index is 1.92. The SMILES string of the molecule is C=CCN(c1cccc(C(F)(F)F)c1)S(=O)(=O)c1cccc(C(=O)NCc2ccco2)c1. The smallest absolute Gasteiger partial charge is 0.416 e. The van der Waals surface area contributed by atoms with Crippen LogP contribution in [0.5, 0.6) is 0 Å². The molecule has 10 heteroatoms. The van der Waals surface area contributed by atoms with Crippen LogP contribution in [0.25, 0.3) is 0 Å². The number of halogens is 3. The molecule has 2 aromatic carbocycles. The molecule has 0 unspecified atom stereocenters. The molecule has 0 spiro atoms. The summed E-state index contributed by atoms with van der Waals surface area (Å²) in [5.74, 6) is -0.0170. The molecule has 0 aliphatic carbocycles. The van der Waals surface area contributed by atoms with Gasteiger partial charge in [0.2, 0.25) is 0 Å². The number of sulfonamides is 1. The van der Waals surface area contributed by atoms with Gasteiger partial charge in [0.05, 0.1) is 35.5 Å². The molecule has 1 amide bonds. The zero-order valence-corrected chi connectivity index (χ0v) is 17.5. The molecule has 0 saturated carbocycles. The van der Waals surface area contributed by atoms with Crippen molar-refractivity contribution >= 4 is 21.6 Å². The van der Waals surface area contributed by atoms with Crippen LogP contribution in [-0.4, -0.2) is 20.9 Å². The highest BCUT2D eigenvalue weighted by atomic mass is 32.2. The lowest BCUT2D eigenvalue weighted by molar-refractivity contribution is -0.137. The molecule has 32 heavy (non-hydrogen) atoms. The number of nitrogens with zero attached hydrogens (tertiary/aromatic N) is 1. The van der Waals surface area contributed by atoms with Crippen molar-refractivity contribution in [3.8, 4) is 0 Å². The largest absolute Gasteiger partial charge is 0.467 e. The number of hydrogen-bond donors (Lipinski definition) is 1. The van der Waals surface area contributed by atoms with Crippen molar-refractivity contribution in [1.82, 2.24) is 5.32 Å². The molecule has 1 heterocycles. The van der Waals surface area contributed by atoms with E-state index in [1.54, 1.807) is 12.1 Å². The van der Waals surface area contributed by atoms with Crippen molar-refractivity contribution in [2.75, 3.05) is 10.8 Å². The van der Waals surface area contributed by atoms with Crippen molar-refractivity contribution in [2.24, 2.45) is 0 Å². The molecule has 1 aromatic heterocycles. The Morgan fingerprint density at radius 3 is 2.50 bits per heavy atom. The second-order valence-corrected chi connectivity index (χ2v) is 8.53. The average molecular weight is 464 g/mol. The molecule has 168 valence electrons. The third-order valence-corrected chi connectivity index (χ3v) is 6.23. The Morgan fingerprint density at radius 2 is 1.84 bits per heavy atom. The van der Waals surface area contributed by atoms with E-state index in [-0.39, 0.29) is 29.2 Å². The van der Waals surface area contributed by atoms with Gasteiger partial charge in [-0.2, -0.15) is 13.2 Å². The molecule has 0 aliphatic heterocycles. The number of benzene rings is 2. The maximum Gasteiger partial charge on any atom is 0.416 e. The molecule has 0 bridgehead atoms. The lowest BCUT2D eigenvalue weighted by Crippen LogP contribution is -2.32. The minimum Gasteiger partial charge on any atom is -0.467 e. The number of nitrogens with one attached hydrogen (secondary N) is 1. The quantitative estimate of drug-likeness (QED) is 0.494. The normalized spacial score (nSPS) is 11.7. The fourth-order valence-electron chi connectivity index (χ4n) is 2.90. The zero-order chi connectivity index (χ0) is 23.4. The number of anilines is 1. The average Bonchev–Trinajstić information content (AvgIpc) is 3.29. The van der Waals surface area contributed by atoms with E-state index in [0.29, 0.717) is 5.76 Å². The minimum atomic E-state index is -4.63. The molecule has 0 atom stereocenters. The van der Waals surface area contributed by atoms with Gasteiger partial charge < -0.3 is 9.73 Å². The van der Waals surface area contributed by atoms with Gasteiger partial charge in [0, 0.05) is 5.56 Å². The van der Waals surface area contributed by atoms with E-state index in [4.69, 9.17) is 4.42 Å². The van der Waals surface area contributed by atoms with Gasteiger partial charge in [-0.1, -0.05) is 18.2 Å². The number of alkyl halides is 3. The lowest BCUT2D eigenvalue weighted by atomic mass is 10.2. The van der Waals surface area contributed by atoms with Gasteiger partial charge in [-0.05, 0) is 48.5 Å². The van der Waals surface area contributed by atoms with Gasteiger partial charge in [-0.25, -0.2) is 8.42 Å². The summed E-state index contributed by atoms with van der Waals surface area (Å²) in [4.78, 5) is 12.2. The van der Waals surface area contributed by atoms with Gasteiger partial charge in [0.25, 0.3) is 15.9 Å². The van der Waals surface area contributed by atoms with Gasteiger partial charge in [-0.3, -0.25) is 9.10 Å². The number of hydrogen-bond acceptors (Lipinski definition) is 4. The number of furan rings is 1. The summed E-state index contributed by atoms with van der Waals surface area (Å²) < 4.78 is 71.8. The van der Waals surface area contributed by atoms with E-state index in [0.717, 1.165) is 28.6 Å². The number of carbonyl (C=O) groups is 1. The van der Waals surface area contributed by atoms with Crippen LogP contribution in [0.2, 0.25) is 0 Å². The molecule has 0 saturated heterocycles. The van der Waals surface area contributed by atoms with Gasteiger partial charge in [0.15, 0.2) is 0 Å². The Hall–Kier alpha value is -3.53. The predicted octanol–water partition coefficient (Wildman–Crippen LogP) is 4.61. The van der Waals surface area contributed by atoms with Crippen LogP contribution in [0, 0.1) is 0 Å². The van der Waals surface area contributed by atoms with Gasteiger partial charge >= 0.3 is 6.18 Å². The highest BCUT2D eigenvalue weighted by molar-refractivity contribution is 7.92. The van der Waals surface area contributed by atoms with Crippen LogP contribution >= 0.6 is 0 Å². The molecule has 0 fully saturated rings. The fraction of sp³-hybridized carbons (Fsp3) is 0.136. The van der Waals surface area contributed by atoms with Crippen LogP contribution in [0.1, 0.15) is 21.7 Å². The van der Waals surface area contributed by atoms with Crippen molar-refractivity contribution in [3.05, 3.63) is 96.5 Å². The first kappa shape index (κ1) is 23.1.